The molecule has 0 spiro atoms. The molecule has 0 aromatic carbocycles. The van der Waals surface area contributed by atoms with Gasteiger partial charge in [0.05, 0.1) is 0 Å². The van der Waals surface area contributed by atoms with Crippen molar-refractivity contribution in [3.8, 4) is 0 Å². The summed E-state index contributed by atoms with van der Waals surface area (Å²) < 4.78 is 0. The number of hydrogen-bond donors (Lipinski definition) is 3. The van der Waals surface area contributed by atoms with E-state index in [4.69, 9.17) is 0 Å². The topological polar surface area (TPSA) is 95.5 Å². The molecule has 0 heterocycles. The number of carbonyl (C=O) groups excluding carboxylic acids is 2. The first kappa shape index (κ1) is 24.2. The highest BCUT2D eigenvalue weighted by atomic mass is 33.1. The van der Waals surface area contributed by atoms with E-state index < -0.39 is 24.0 Å². The van der Waals surface area contributed by atoms with Crippen LogP contribution in [0.4, 0.5) is 0 Å². The third-order valence-corrected chi connectivity index (χ3v) is 6.17. The summed E-state index contributed by atoms with van der Waals surface area (Å²) in [6, 6.07) is -1.68. The predicted molar refractivity (Wildman–Crippen MR) is 109 cm³/mol. The first-order valence-electron chi connectivity index (χ1n) is 8.13. The smallest absolute Gasteiger partial charge is 0.327 e. The molecule has 0 rings (SSSR count). The normalized spacial score (nSPS) is 12.9. The van der Waals surface area contributed by atoms with Crippen LogP contribution in [-0.2, 0) is 14.4 Å². The molecule has 6 nitrogen and oxygen atoms in total. The Morgan fingerprint density at radius 2 is 1.88 bits per heavy atom. The number of carboxylic acid groups (broad SMARTS) is 1. The van der Waals surface area contributed by atoms with Gasteiger partial charge in [0.2, 0.25) is 11.8 Å². The maximum atomic E-state index is 12.4. The number of thioether (sulfide) groups is 1. The average molecular weight is 409 g/mol. The van der Waals surface area contributed by atoms with Crippen molar-refractivity contribution in [2.24, 2.45) is 0 Å². The molecule has 3 N–H and O–H groups in total. The number of hydrogen-bond acceptors (Lipinski definition) is 6. The largest absolute Gasteiger partial charge is 0.480 e. The van der Waals surface area contributed by atoms with E-state index in [1.807, 2.05) is 13.2 Å². The Labute approximate surface area is 162 Å². The minimum absolute atomic E-state index is 0.190. The summed E-state index contributed by atoms with van der Waals surface area (Å²) in [4.78, 5) is 35.6. The summed E-state index contributed by atoms with van der Waals surface area (Å²) in [5.74, 6) is 0.106. The maximum absolute atomic E-state index is 12.4. The van der Waals surface area contributed by atoms with Crippen LogP contribution in [0.15, 0.2) is 12.7 Å². The minimum atomic E-state index is -1.08. The molecule has 2 atom stereocenters. The Morgan fingerprint density at radius 3 is 2.44 bits per heavy atom. The van der Waals surface area contributed by atoms with E-state index >= 15 is 0 Å². The first-order valence-corrected chi connectivity index (χ1v) is 12.0. The molecule has 9 heteroatoms. The molecule has 0 unspecified atom stereocenters. The molecule has 0 bridgehead atoms. The second-order valence-electron chi connectivity index (χ2n) is 5.23. The molecule has 144 valence electrons. The molecule has 0 aliphatic heterocycles. The van der Waals surface area contributed by atoms with Crippen LogP contribution in [0.5, 0.6) is 0 Å². The molecule has 0 aliphatic carbocycles. The third-order valence-electron chi connectivity index (χ3n) is 3.08. The van der Waals surface area contributed by atoms with Crippen LogP contribution in [0.2, 0.25) is 0 Å². The van der Waals surface area contributed by atoms with E-state index in [2.05, 4.69) is 17.2 Å². The van der Waals surface area contributed by atoms with Gasteiger partial charge in [0.15, 0.2) is 0 Å². The monoisotopic (exact) mass is 408 g/mol. The van der Waals surface area contributed by atoms with Crippen LogP contribution in [-0.4, -0.2) is 58.5 Å². The Bertz CT molecular complexity index is 436. The van der Waals surface area contributed by atoms with Crippen molar-refractivity contribution in [3.05, 3.63) is 12.7 Å². The van der Waals surface area contributed by atoms with Crippen LogP contribution >= 0.6 is 33.3 Å². The van der Waals surface area contributed by atoms with Crippen LogP contribution in [0, 0.1) is 0 Å². The number of carbonyl (C=O) groups is 3. The van der Waals surface area contributed by atoms with E-state index in [1.165, 1.54) is 10.8 Å². The predicted octanol–water partition coefficient (Wildman–Crippen LogP) is 2.55. The fourth-order valence-electron chi connectivity index (χ4n) is 1.75. The second-order valence-corrected chi connectivity index (χ2v) is 8.85. The second kappa shape index (κ2) is 15.5. The van der Waals surface area contributed by atoms with E-state index in [9.17, 15) is 19.5 Å². The van der Waals surface area contributed by atoms with Gasteiger partial charge in [-0.2, -0.15) is 11.8 Å². The summed E-state index contributed by atoms with van der Waals surface area (Å²) in [5, 5.41) is 14.6. The van der Waals surface area contributed by atoms with Gasteiger partial charge in [-0.15, -0.1) is 6.58 Å². The van der Waals surface area contributed by atoms with E-state index in [0.717, 1.165) is 12.2 Å². The summed E-state index contributed by atoms with van der Waals surface area (Å²) in [7, 11) is 2.95. The fraction of sp³-hybridized carbons (Fsp3) is 0.688. The van der Waals surface area contributed by atoms with Crippen molar-refractivity contribution in [2.75, 3.05) is 23.5 Å². The number of amides is 2. The molecule has 0 aromatic heterocycles. The molecule has 0 aliphatic rings. The Kier molecular flexibility index (Phi) is 15.0. The lowest BCUT2D eigenvalue weighted by atomic mass is 10.1. The molecule has 0 fully saturated rings. The molecular formula is C16H28N2O4S3. The highest BCUT2D eigenvalue weighted by Crippen LogP contribution is 2.23. The molecule has 25 heavy (non-hydrogen) atoms. The van der Waals surface area contributed by atoms with Crippen molar-refractivity contribution < 1.29 is 19.5 Å². The fourth-order valence-corrected chi connectivity index (χ4v) is 4.40. The zero-order chi connectivity index (χ0) is 19.1. The van der Waals surface area contributed by atoms with Crippen LogP contribution in [0.3, 0.4) is 0 Å². The number of carboxylic acids is 1. The van der Waals surface area contributed by atoms with Gasteiger partial charge in [-0.1, -0.05) is 34.6 Å². The molecule has 0 aromatic rings. The standard InChI is InChI=1S/C16H28N2O4S3/c1-4-6-9-24-25-11-13(16(21)22)18-15(20)12(8-10-23-3)17-14(19)7-5-2/h4,12-13H,1,5-11H2,2-3H3,(H,17,19)(H,18,20)(H,21,22)/t12-,13-/m1/s1. The van der Waals surface area contributed by atoms with Gasteiger partial charge in [-0.3, -0.25) is 9.59 Å². The van der Waals surface area contributed by atoms with Crippen molar-refractivity contribution in [1.29, 1.82) is 0 Å². The van der Waals surface area contributed by atoms with Gasteiger partial charge >= 0.3 is 5.97 Å². The number of nitrogens with one attached hydrogen (secondary N) is 2. The number of allylic oxidation sites excluding steroid dienone is 1. The zero-order valence-corrected chi connectivity index (χ0v) is 17.2. The lowest BCUT2D eigenvalue weighted by Crippen LogP contribution is -2.52. The van der Waals surface area contributed by atoms with Crippen LogP contribution < -0.4 is 10.6 Å². The van der Waals surface area contributed by atoms with Gasteiger partial charge in [0.25, 0.3) is 0 Å². The van der Waals surface area contributed by atoms with Crippen LogP contribution in [0.1, 0.15) is 32.6 Å². The molecule has 0 saturated heterocycles. The zero-order valence-electron chi connectivity index (χ0n) is 14.8. The first-order chi connectivity index (χ1) is 12.0. The third kappa shape index (κ3) is 12.2. The Morgan fingerprint density at radius 1 is 1.16 bits per heavy atom. The molecule has 0 radical (unpaired) electrons. The van der Waals surface area contributed by atoms with Gasteiger partial charge in [-0.25, -0.2) is 4.79 Å². The van der Waals surface area contributed by atoms with Crippen molar-refractivity contribution in [2.45, 2.75) is 44.7 Å². The molecule has 0 saturated carbocycles. The summed E-state index contributed by atoms with van der Waals surface area (Å²) in [6.07, 6.45) is 6.08. The SMILES string of the molecule is C=CCCSSC[C@@H](NC(=O)[C@@H](CCSC)NC(=O)CCC)C(=O)O. The van der Waals surface area contributed by atoms with E-state index in [0.29, 0.717) is 25.0 Å². The van der Waals surface area contributed by atoms with Gasteiger partial charge in [0, 0.05) is 17.9 Å². The van der Waals surface area contributed by atoms with Crippen LogP contribution in [0.25, 0.3) is 0 Å². The van der Waals surface area contributed by atoms with E-state index in [-0.39, 0.29) is 11.7 Å². The Hall–Kier alpha value is -0.800. The molecular weight excluding hydrogens is 380 g/mol. The lowest BCUT2D eigenvalue weighted by molar-refractivity contribution is -0.141. The van der Waals surface area contributed by atoms with Gasteiger partial charge in [-0.05, 0) is 31.3 Å². The number of rotatable bonds is 15. The highest BCUT2D eigenvalue weighted by Gasteiger charge is 2.26. The molecule has 2 amide bonds. The Balaban J connectivity index is 4.62. The van der Waals surface area contributed by atoms with Gasteiger partial charge < -0.3 is 15.7 Å². The maximum Gasteiger partial charge on any atom is 0.327 e. The summed E-state index contributed by atoms with van der Waals surface area (Å²) in [6.45, 7) is 5.52. The van der Waals surface area contributed by atoms with E-state index in [1.54, 1.807) is 28.6 Å². The van der Waals surface area contributed by atoms with Crippen molar-refractivity contribution >= 4 is 51.1 Å². The quantitative estimate of drug-likeness (QED) is 0.218. The van der Waals surface area contributed by atoms with Gasteiger partial charge in [0.1, 0.15) is 12.1 Å². The lowest BCUT2D eigenvalue weighted by Gasteiger charge is -2.21. The minimum Gasteiger partial charge on any atom is -0.480 e. The summed E-state index contributed by atoms with van der Waals surface area (Å²) >= 11 is 1.57. The number of aliphatic carboxylic acids is 1. The average Bonchev–Trinajstić information content (AvgIpc) is 2.57. The van der Waals surface area contributed by atoms with Crippen molar-refractivity contribution in [3.63, 3.8) is 0 Å². The summed E-state index contributed by atoms with van der Waals surface area (Å²) in [5.41, 5.74) is 0. The highest BCUT2D eigenvalue weighted by molar-refractivity contribution is 8.76. The van der Waals surface area contributed by atoms with Crippen molar-refractivity contribution in [1.82, 2.24) is 10.6 Å².